The number of amides is 1. The highest BCUT2D eigenvalue weighted by Gasteiger charge is 2.26. The van der Waals surface area contributed by atoms with Crippen LogP contribution < -0.4 is 10.1 Å². The van der Waals surface area contributed by atoms with Crippen molar-refractivity contribution in [3.63, 3.8) is 0 Å². The predicted octanol–water partition coefficient (Wildman–Crippen LogP) is 3.04. The number of nitrogens with zero attached hydrogens (tertiary/aromatic N) is 4. The molecule has 1 N–H and O–H groups in total. The van der Waals surface area contributed by atoms with Crippen molar-refractivity contribution >= 4 is 5.91 Å². The first-order valence-corrected chi connectivity index (χ1v) is 9.89. The van der Waals surface area contributed by atoms with Gasteiger partial charge in [-0.3, -0.25) is 9.78 Å². The molecule has 29 heavy (non-hydrogen) atoms. The number of fused-ring (bicyclic) bond motifs is 1. The van der Waals surface area contributed by atoms with Gasteiger partial charge in [-0.15, -0.1) is 5.10 Å². The lowest BCUT2D eigenvalue weighted by atomic mass is 9.93. The van der Waals surface area contributed by atoms with Gasteiger partial charge in [0.2, 0.25) is 0 Å². The number of benzene rings is 1. The average molecular weight is 391 g/mol. The summed E-state index contributed by atoms with van der Waals surface area (Å²) in [5.74, 6) is 1.05. The van der Waals surface area contributed by atoms with E-state index in [9.17, 15) is 4.79 Å². The molecular formula is C22H25N5O2. The molecule has 1 atom stereocenters. The van der Waals surface area contributed by atoms with Crippen molar-refractivity contribution in [3.05, 3.63) is 59.7 Å². The normalized spacial score (nSPS) is 15.7. The number of ether oxygens (including phenoxy) is 1. The molecule has 0 unspecified atom stereocenters. The fourth-order valence-corrected chi connectivity index (χ4v) is 3.59. The molecule has 0 aliphatic carbocycles. The van der Waals surface area contributed by atoms with Gasteiger partial charge in [0.05, 0.1) is 18.3 Å². The Hall–Kier alpha value is -3.22. The molecule has 3 heterocycles. The highest BCUT2D eigenvalue weighted by molar-refractivity contribution is 5.93. The van der Waals surface area contributed by atoms with Gasteiger partial charge in [0.1, 0.15) is 12.4 Å². The van der Waals surface area contributed by atoms with Gasteiger partial charge in [-0.1, -0.05) is 32.0 Å². The third kappa shape index (κ3) is 4.13. The molecule has 1 amide bonds. The number of carbonyl (C=O) groups excluding carboxylic acids is 1. The molecule has 1 aliphatic heterocycles. The molecule has 0 saturated heterocycles. The van der Waals surface area contributed by atoms with Crippen LogP contribution in [0.2, 0.25) is 0 Å². The molecule has 3 aromatic rings. The maximum absolute atomic E-state index is 12.8. The van der Waals surface area contributed by atoms with Gasteiger partial charge < -0.3 is 10.1 Å². The van der Waals surface area contributed by atoms with E-state index in [0.717, 1.165) is 22.4 Å². The number of hydrogen-bond donors (Lipinski definition) is 1. The van der Waals surface area contributed by atoms with Crippen molar-refractivity contribution in [1.82, 2.24) is 25.3 Å². The van der Waals surface area contributed by atoms with Crippen LogP contribution in [0.1, 0.15) is 35.6 Å². The van der Waals surface area contributed by atoms with E-state index in [1.807, 2.05) is 37.4 Å². The zero-order chi connectivity index (χ0) is 20.4. The Labute approximate surface area is 170 Å². The summed E-state index contributed by atoms with van der Waals surface area (Å²) in [7, 11) is 0. The Morgan fingerprint density at radius 2 is 2.14 bits per heavy atom. The Bertz CT molecular complexity index is 1010. The maximum Gasteiger partial charge on any atom is 0.274 e. The number of nitrogens with one attached hydrogen (secondary N) is 1. The monoisotopic (exact) mass is 391 g/mol. The van der Waals surface area contributed by atoms with Crippen LogP contribution in [0.15, 0.2) is 42.7 Å². The molecule has 0 radical (unpaired) electrons. The number of hydrogen-bond acceptors (Lipinski definition) is 5. The Kier molecular flexibility index (Phi) is 5.29. The van der Waals surface area contributed by atoms with E-state index in [-0.39, 0.29) is 11.9 Å². The van der Waals surface area contributed by atoms with Gasteiger partial charge in [-0.2, -0.15) is 9.90 Å². The molecule has 0 fully saturated rings. The second kappa shape index (κ2) is 8.03. The standard InChI is InChI=1S/C22H25N5O2/c1-14(2)12-27-25-15(3)21(26-27)22(28)24-17-10-19-18(16-6-5-9-23-11-16)7-4-8-20(19)29-13-17/h4-9,11,14,17H,10,12-13H2,1-3H3,(H,24,28)/t17-/m0/s1. The molecule has 0 spiro atoms. The Morgan fingerprint density at radius 1 is 1.28 bits per heavy atom. The van der Waals surface area contributed by atoms with Crippen LogP contribution in [0.25, 0.3) is 11.1 Å². The van der Waals surface area contributed by atoms with Crippen molar-refractivity contribution in [3.8, 4) is 16.9 Å². The molecule has 2 aromatic heterocycles. The first-order chi connectivity index (χ1) is 14.0. The summed E-state index contributed by atoms with van der Waals surface area (Å²) in [6.45, 7) is 7.10. The zero-order valence-electron chi connectivity index (χ0n) is 16.9. The molecule has 150 valence electrons. The average Bonchev–Trinajstić information content (AvgIpc) is 3.07. The smallest absolute Gasteiger partial charge is 0.274 e. The molecule has 1 aromatic carbocycles. The second-order valence-electron chi connectivity index (χ2n) is 7.79. The first kappa shape index (κ1) is 19.1. The lowest BCUT2D eigenvalue weighted by molar-refractivity contribution is 0.0908. The number of carbonyl (C=O) groups is 1. The van der Waals surface area contributed by atoms with Crippen LogP contribution >= 0.6 is 0 Å². The van der Waals surface area contributed by atoms with Crippen molar-refractivity contribution in [2.24, 2.45) is 5.92 Å². The van der Waals surface area contributed by atoms with Crippen LogP contribution in [0.5, 0.6) is 5.75 Å². The van der Waals surface area contributed by atoms with Gasteiger partial charge in [-0.25, -0.2) is 0 Å². The molecule has 4 rings (SSSR count). The quantitative estimate of drug-likeness (QED) is 0.723. The van der Waals surface area contributed by atoms with Crippen molar-refractivity contribution in [2.45, 2.75) is 39.8 Å². The summed E-state index contributed by atoms with van der Waals surface area (Å²) in [5.41, 5.74) is 4.20. The minimum absolute atomic E-state index is 0.137. The van der Waals surface area contributed by atoms with Gasteiger partial charge in [-0.05, 0) is 30.5 Å². The van der Waals surface area contributed by atoms with E-state index in [1.54, 1.807) is 11.0 Å². The minimum atomic E-state index is -0.214. The topological polar surface area (TPSA) is 81.9 Å². The lowest BCUT2D eigenvalue weighted by Gasteiger charge is -2.27. The number of rotatable bonds is 5. The molecular weight excluding hydrogens is 366 g/mol. The fraction of sp³-hybridized carbons (Fsp3) is 0.364. The predicted molar refractivity (Wildman–Crippen MR) is 110 cm³/mol. The van der Waals surface area contributed by atoms with E-state index in [2.05, 4.69) is 40.4 Å². The van der Waals surface area contributed by atoms with Gasteiger partial charge in [0.15, 0.2) is 5.69 Å². The maximum atomic E-state index is 12.8. The van der Waals surface area contributed by atoms with Crippen LogP contribution in [-0.4, -0.2) is 38.5 Å². The number of aryl methyl sites for hydroxylation is 1. The lowest BCUT2D eigenvalue weighted by Crippen LogP contribution is -2.43. The van der Waals surface area contributed by atoms with Gasteiger partial charge >= 0.3 is 0 Å². The highest BCUT2D eigenvalue weighted by Crippen LogP contribution is 2.34. The van der Waals surface area contributed by atoms with E-state index in [1.165, 1.54) is 0 Å². The Morgan fingerprint density at radius 3 is 2.90 bits per heavy atom. The van der Waals surface area contributed by atoms with Crippen LogP contribution in [0.4, 0.5) is 0 Å². The number of aromatic nitrogens is 4. The van der Waals surface area contributed by atoms with E-state index in [0.29, 0.717) is 36.9 Å². The third-order valence-electron chi connectivity index (χ3n) is 4.90. The second-order valence-corrected chi connectivity index (χ2v) is 7.79. The summed E-state index contributed by atoms with van der Waals surface area (Å²) in [6.07, 6.45) is 4.28. The van der Waals surface area contributed by atoms with E-state index < -0.39 is 0 Å². The zero-order valence-corrected chi connectivity index (χ0v) is 16.9. The minimum Gasteiger partial charge on any atom is -0.491 e. The van der Waals surface area contributed by atoms with E-state index >= 15 is 0 Å². The summed E-state index contributed by atoms with van der Waals surface area (Å²) in [4.78, 5) is 18.6. The van der Waals surface area contributed by atoms with Gasteiger partial charge in [0.25, 0.3) is 5.91 Å². The third-order valence-corrected chi connectivity index (χ3v) is 4.90. The molecule has 0 bridgehead atoms. The fourth-order valence-electron chi connectivity index (χ4n) is 3.59. The van der Waals surface area contributed by atoms with Crippen molar-refractivity contribution < 1.29 is 9.53 Å². The van der Waals surface area contributed by atoms with E-state index in [4.69, 9.17) is 4.74 Å². The first-order valence-electron chi connectivity index (χ1n) is 9.89. The van der Waals surface area contributed by atoms with Crippen molar-refractivity contribution in [2.75, 3.05) is 6.61 Å². The van der Waals surface area contributed by atoms with Crippen LogP contribution in [0, 0.1) is 12.8 Å². The number of pyridine rings is 1. The highest BCUT2D eigenvalue weighted by atomic mass is 16.5. The summed E-state index contributed by atoms with van der Waals surface area (Å²) in [5, 5.41) is 11.8. The Balaban J connectivity index is 1.52. The van der Waals surface area contributed by atoms with Crippen molar-refractivity contribution in [1.29, 1.82) is 0 Å². The van der Waals surface area contributed by atoms with Crippen LogP contribution in [0.3, 0.4) is 0 Å². The molecule has 1 aliphatic rings. The largest absolute Gasteiger partial charge is 0.491 e. The van der Waals surface area contributed by atoms with Crippen LogP contribution in [-0.2, 0) is 13.0 Å². The summed E-state index contributed by atoms with van der Waals surface area (Å²) >= 11 is 0. The molecule has 7 heteroatoms. The summed E-state index contributed by atoms with van der Waals surface area (Å²) < 4.78 is 5.95. The van der Waals surface area contributed by atoms with Gasteiger partial charge in [0, 0.05) is 29.9 Å². The SMILES string of the molecule is Cc1nn(CC(C)C)nc1C(=O)N[C@@H]1COc2cccc(-c3cccnc3)c2C1. The molecule has 7 nitrogen and oxygen atoms in total. The summed E-state index contributed by atoms with van der Waals surface area (Å²) in [6, 6.07) is 9.82. The molecule has 0 saturated carbocycles.